The van der Waals surface area contributed by atoms with E-state index in [1.54, 1.807) is 19.1 Å². The number of carboxylic acids is 1. The van der Waals surface area contributed by atoms with E-state index in [1.165, 1.54) is 0 Å². The van der Waals surface area contributed by atoms with E-state index in [4.69, 9.17) is 21.4 Å². The minimum Gasteiger partial charge on any atom is -0.494 e. The van der Waals surface area contributed by atoms with Crippen molar-refractivity contribution in [1.29, 1.82) is 0 Å². The third-order valence-corrected chi connectivity index (χ3v) is 3.35. The molecule has 1 aromatic carbocycles. The summed E-state index contributed by atoms with van der Waals surface area (Å²) in [5.74, 6) is -0.288. The molecule has 0 aliphatic heterocycles. The molecule has 0 aliphatic rings. The number of aliphatic carboxylic acids is 1. The quantitative estimate of drug-likeness (QED) is 0.712. The van der Waals surface area contributed by atoms with Gasteiger partial charge in [-0.3, -0.25) is 4.79 Å². The number of benzene rings is 1. The lowest BCUT2D eigenvalue weighted by molar-refractivity contribution is -0.141. The SMILES string of the molecule is CCN(CCCOc1ccc(Cl)cc1)CC(C)C(=O)O. The number of carboxylic acid groups (broad SMARTS) is 1. The molecule has 112 valence electrons. The first-order valence-corrected chi connectivity index (χ1v) is 7.24. The van der Waals surface area contributed by atoms with Crippen LogP contribution in [0.1, 0.15) is 20.3 Å². The van der Waals surface area contributed by atoms with Crippen LogP contribution in [0.5, 0.6) is 5.75 Å². The number of halogens is 1. The maximum Gasteiger partial charge on any atom is 0.307 e. The standard InChI is InChI=1S/C15H22ClNO3/c1-3-17(11-12(2)15(18)19)9-4-10-20-14-7-5-13(16)6-8-14/h5-8,12H,3-4,9-11H2,1-2H3,(H,18,19). The van der Waals surface area contributed by atoms with Crippen LogP contribution in [0.2, 0.25) is 5.02 Å². The lowest BCUT2D eigenvalue weighted by atomic mass is 10.1. The minimum atomic E-state index is -0.749. The highest BCUT2D eigenvalue weighted by molar-refractivity contribution is 6.30. The van der Waals surface area contributed by atoms with Crippen LogP contribution >= 0.6 is 11.6 Å². The second-order valence-electron chi connectivity index (χ2n) is 4.79. The van der Waals surface area contributed by atoms with Crippen molar-refractivity contribution in [3.05, 3.63) is 29.3 Å². The second-order valence-corrected chi connectivity index (χ2v) is 5.22. The van der Waals surface area contributed by atoms with Gasteiger partial charge in [-0.05, 0) is 37.2 Å². The Morgan fingerprint density at radius 1 is 1.40 bits per heavy atom. The molecule has 0 amide bonds. The van der Waals surface area contributed by atoms with Crippen molar-refractivity contribution >= 4 is 17.6 Å². The average Bonchev–Trinajstić information content (AvgIpc) is 2.43. The Balaban J connectivity index is 2.24. The summed E-state index contributed by atoms with van der Waals surface area (Å²) in [6.07, 6.45) is 0.864. The molecule has 5 heteroatoms. The second kappa shape index (κ2) is 8.82. The first-order chi connectivity index (χ1) is 9.52. The summed E-state index contributed by atoms with van der Waals surface area (Å²) in [4.78, 5) is 13.0. The molecule has 0 spiro atoms. The molecular weight excluding hydrogens is 278 g/mol. The maximum absolute atomic E-state index is 10.8. The molecule has 1 N–H and O–H groups in total. The fraction of sp³-hybridized carbons (Fsp3) is 0.533. The third kappa shape index (κ3) is 6.26. The fourth-order valence-electron chi connectivity index (χ4n) is 1.85. The highest BCUT2D eigenvalue weighted by Crippen LogP contribution is 2.15. The van der Waals surface area contributed by atoms with Crippen LogP contribution in [0, 0.1) is 5.92 Å². The first kappa shape index (κ1) is 16.8. The van der Waals surface area contributed by atoms with Crippen LogP contribution < -0.4 is 4.74 Å². The van der Waals surface area contributed by atoms with Crippen molar-refractivity contribution in [3.63, 3.8) is 0 Å². The van der Waals surface area contributed by atoms with Gasteiger partial charge in [-0.25, -0.2) is 0 Å². The van der Waals surface area contributed by atoms with Gasteiger partial charge in [0, 0.05) is 18.1 Å². The molecule has 0 bridgehead atoms. The predicted molar refractivity (Wildman–Crippen MR) is 80.5 cm³/mol. The number of ether oxygens (including phenoxy) is 1. The summed E-state index contributed by atoms with van der Waals surface area (Å²) < 4.78 is 5.61. The minimum absolute atomic E-state index is 0.341. The molecule has 0 radical (unpaired) electrons. The molecule has 0 aromatic heterocycles. The van der Waals surface area contributed by atoms with Crippen LogP contribution in [-0.4, -0.2) is 42.2 Å². The van der Waals surface area contributed by atoms with Gasteiger partial charge in [0.15, 0.2) is 0 Å². The van der Waals surface area contributed by atoms with Crippen LogP contribution in [0.25, 0.3) is 0 Å². The van der Waals surface area contributed by atoms with E-state index in [9.17, 15) is 4.79 Å². The zero-order chi connectivity index (χ0) is 15.0. The smallest absolute Gasteiger partial charge is 0.307 e. The summed E-state index contributed by atoms with van der Waals surface area (Å²) in [6.45, 7) is 6.64. The van der Waals surface area contributed by atoms with E-state index in [-0.39, 0.29) is 5.92 Å². The lowest BCUT2D eigenvalue weighted by Crippen LogP contribution is -2.33. The molecule has 1 aromatic rings. The van der Waals surface area contributed by atoms with Crippen LogP contribution in [0.15, 0.2) is 24.3 Å². The van der Waals surface area contributed by atoms with E-state index < -0.39 is 5.97 Å². The first-order valence-electron chi connectivity index (χ1n) is 6.86. The zero-order valence-corrected chi connectivity index (χ0v) is 12.8. The van der Waals surface area contributed by atoms with Gasteiger partial charge in [0.25, 0.3) is 0 Å². The van der Waals surface area contributed by atoms with Gasteiger partial charge in [-0.15, -0.1) is 0 Å². The van der Waals surface area contributed by atoms with E-state index >= 15 is 0 Å². The number of carbonyl (C=O) groups is 1. The Labute approximate surface area is 125 Å². The molecule has 0 saturated heterocycles. The molecule has 1 atom stereocenters. The van der Waals surface area contributed by atoms with Crippen molar-refractivity contribution in [3.8, 4) is 5.75 Å². The van der Waals surface area contributed by atoms with Crippen molar-refractivity contribution in [2.45, 2.75) is 20.3 Å². The third-order valence-electron chi connectivity index (χ3n) is 3.10. The largest absolute Gasteiger partial charge is 0.494 e. The highest BCUT2D eigenvalue weighted by Gasteiger charge is 2.14. The average molecular weight is 300 g/mol. The van der Waals surface area contributed by atoms with Crippen molar-refractivity contribution in [1.82, 2.24) is 4.90 Å². The van der Waals surface area contributed by atoms with E-state index in [0.717, 1.165) is 25.3 Å². The summed E-state index contributed by atoms with van der Waals surface area (Å²) in [5.41, 5.74) is 0. The van der Waals surface area contributed by atoms with Gasteiger partial charge in [-0.1, -0.05) is 25.4 Å². The maximum atomic E-state index is 10.8. The van der Waals surface area contributed by atoms with E-state index in [2.05, 4.69) is 4.90 Å². The molecule has 20 heavy (non-hydrogen) atoms. The zero-order valence-electron chi connectivity index (χ0n) is 12.0. The van der Waals surface area contributed by atoms with Gasteiger partial charge in [-0.2, -0.15) is 0 Å². The Kier molecular flexibility index (Phi) is 7.41. The monoisotopic (exact) mass is 299 g/mol. The Morgan fingerprint density at radius 3 is 2.60 bits per heavy atom. The molecule has 1 unspecified atom stereocenters. The Morgan fingerprint density at radius 2 is 2.05 bits per heavy atom. The van der Waals surface area contributed by atoms with Gasteiger partial charge < -0.3 is 14.7 Å². The van der Waals surface area contributed by atoms with E-state index in [1.807, 2.05) is 19.1 Å². The molecular formula is C15H22ClNO3. The Hall–Kier alpha value is -1.26. The highest BCUT2D eigenvalue weighted by atomic mass is 35.5. The van der Waals surface area contributed by atoms with Crippen LogP contribution in [-0.2, 0) is 4.79 Å². The Bertz CT molecular complexity index is 408. The molecule has 0 heterocycles. The van der Waals surface area contributed by atoms with Crippen molar-refractivity contribution in [2.75, 3.05) is 26.2 Å². The van der Waals surface area contributed by atoms with Gasteiger partial charge >= 0.3 is 5.97 Å². The summed E-state index contributed by atoms with van der Waals surface area (Å²) in [5, 5.41) is 9.60. The normalized spacial score (nSPS) is 12.4. The number of hydrogen-bond donors (Lipinski definition) is 1. The van der Waals surface area contributed by atoms with Gasteiger partial charge in [0.2, 0.25) is 0 Å². The summed E-state index contributed by atoms with van der Waals surface area (Å²) in [6, 6.07) is 7.27. The van der Waals surface area contributed by atoms with Crippen LogP contribution in [0.3, 0.4) is 0 Å². The lowest BCUT2D eigenvalue weighted by Gasteiger charge is -2.22. The van der Waals surface area contributed by atoms with Crippen molar-refractivity contribution < 1.29 is 14.6 Å². The topological polar surface area (TPSA) is 49.8 Å². The molecule has 0 fully saturated rings. The summed E-state index contributed by atoms with van der Waals surface area (Å²) in [7, 11) is 0. The van der Waals surface area contributed by atoms with Crippen molar-refractivity contribution in [2.24, 2.45) is 5.92 Å². The van der Waals surface area contributed by atoms with Crippen LogP contribution in [0.4, 0.5) is 0 Å². The molecule has 4 nitrogen and oxygen atoms in total. The fourth-order valence-corrected chi connectivity index (χ4v) is 1.98. The van der Waals surface area contributed by atoms with Gasteiger partial charge in [0.1, 0.15) is 5.75 Å². The summed E-state index contributed by atoms with van der Waals surface area (Å²) >= 11 is 5.80. The number of rotatable bonds is 9. The number of hydrogen-bond acceptors (Lipinski definition) is 3. The molecule has 1 rings (SSSR count). The molecule has 0 saturated carbocycles. The van der Waals surface area contributed by atoms with E-state index in [0.29, 0.717) is 18.2 Å². The molecule has 0 aliphatic carbocycles. The predicted octanol–water partition coefficient (Wildman–Crippen LogP) is 3.15. The van der Waals surface area contributed by atoms with Gasteiger partial charge in [0.05, 0.1) is 12.5 Å². The number of nitrogens with zero attached hydrogens (tertiary/aromatic N) is 1.